The Kier molecular flexibility index (Phi) is 5.48. The standard InChI is InChI=1S/C18H21BrClN/c1-18(2,3)17(14-7-5-4-6-8-14)21-12-13-9-10-15(19)16(20)11-13/h4-11,17,21H,12H2,1-3H3. The second-order valence-corrected chi connectivity index (χ2v) is 7.60. The van der Waals surface area contributed by atoms with Crippen LogP contribution in [0.15, 0.2) is 53.0 Å². The molecule has 0 aliphatic heterocycles. The SMILES string of the molecule is CC(C)(C)C(NCc1ccc(Br)c(Cl)c1)c1ccccc1. The summed E-state index contributed by atoms with van der Waals surface area (Å²) in [6.07, 6.45) is 0. The van der Waals surface area contributed by atoms with Gasteiger partial charge in [-0.2, -0.15) is 0 Å². The lowest BCUT2D eigenvalue weighted by atomic mass is 9.82. The maximum atomic E-state index is 6.16. The molecule has 0 radical (unpaired) electrons. The first-order chi connectivity index (χ1) is 9.88. The predicted molar refractivity (Wildman–Crippen MR) is 94.6 cm³/mol. The maximum absolute atomic E-state index is 6.16. The monoisotopic (exact) mass is 365 g/mol. The smallest absolute Gasteiger partial charge is 0.0551 e. The fourth-order valence-corrected chi connectivity index (χ4v) is 2.89. The Morgan fingerprint density at radius 3 is 2.33 bits per heavy atom. The first kappa shape index (κ1) is 16.5. The molecule has 0 spiro atoms. The van der Waals surface area contributed by atoms with E-state index in [1.54, 1.807) is 0 Å². The summed E-state index contributed by atoms with van der Waals surface area (Å²) in [5.74, 6) is 0. The first-order valence-electron chi connectivity index (χ1n) is 7.10. The largest absolute Gasteiger partial charge is 0.305 e. The molecule has 1 unspecified atom stereocenters. The second-order valence-electron chi connectivity index (χ2n) is 6.34. The van der Waals surface area contributed by atoms with E-state index in [0.29, 0.717) is 6.04 Å². The Labute approximate surface area is 140 Å². The van der Waals surface area contributed by atoms with E-state index in [0.717, 1.165) is 16.0 Å². The molecule has 2 rings (SSSR count). The lowest BCUT2D eigenvalue weighted by molar-refractivity contribution is 0.271. The molecule has 0 saturated heterocycles. The molecule has 0 aliphatic carbocycles. The van der Waals surface area contributed by atoms with Gasteiger partial charge in [-0.05, 0) is 44.6 Å². The second kappa shape index (κ2) is 6.95. The number of hydrogen-bond acceptors (Lipinski definition) is 1. The van der Waals surface area contributed by atoms with Crippen LogP contribution in [0.5, 0.6) is 0 Å². The Morgan fingerprint density at radius 2 is 1.76 bits per heavy atom. The van der Waals surface area contributed by atoms with Crippen molar-refractivity contribution in [1.29, 1.82) is 0 Å². The third kappa shape index (κ3) is 4.57. The van der Waals surface area contributed by atoms with Crippen LogP contribution >= 0.6 is 27.5 Å². The van der Waals surface area contributed by atoms with E-state index < -0.39 is 0 Å². The van der Waals surface area contributed by atoms with Crippen molar-refractivity contribution >= 4 is 27.5 Å². The van der Waals surface area contributed by atoms with Crippen LogP contribution in [-0.2, 0) is 6.54 Å². The van der Waals surface area contributed by atoms with Gasteiger partial charge in [-0.1, -0.05) is 68.8 Å². The molecule has 0 amide bonds. The molecule has 0 fully saturated rings. The average molecular weight is 367 g/mol. The summed E-state index contributed by atoms with van der Waals surface area (Å²) in [7, 11) is 0. The van der Waals surface area contributed by atoms with E-state index in [1.165, 1.54) is 11.1 Å². The molecular formula is C18H21BrClN. The Hall–Kier alpha value is -0.830. The Balaban J connectivity index is 2.15. The quantitative estimate of drug-likeness (QED) is 0.702. The molecule has 0 saturated carbocycles. The molecule has 1 N–H and O–H groups in total. The van der Waals surface area contributed by atoms with E-state index in [2.05, 4.69) is 78.4 Å². The van der Waals surface area contributed by atoms with Gasteiger partial charge in [-0.25, -0.2) is 0 Å². The van der Waals surface area contributed by atoms with E-state index in [-0.39, 0.29) is 5.41 Å². The van der Waals surface area contributed by atoms with Crippen molar-refractivity contribution in [1.82, 2.24) is 5.32 Å². The lowest BCUT2D eigenvalue weighted by Gasteiger charge is -2.32. The van der Waals surface area contributed by atoms with E-state index in [9.17, 15) is 0 Å². The highest BCUT2D eigenvalue weighted by molar-refractivity contribution is 9.10. The van der Waals surface area contributed by atoms with Gasteiger partial charge in [0.1, 0.15) is 0 Å². The third-order valence-electron chi connectivity index (χ3n) is 3.49. The van der Waals surface area contributed by atoms with E-state index in [1.807, 2.05) is 12.1 Å². The van der Waals surface area contributed by atoms with Crippen molar-refractivity contribution in [2.45, 2.75) is 33.4 Å². The van der Waals surface area contributed by atoms with Crippen LogP contribution in [0.1, 0.15) is 37.9 Å². The zero-order valence-corrected chi connectivity index (χ0v) is 15.0. The van der Waals surface area contributed by atoms with Crippen molar-refractivity contribution in [3.8, 4) is 0 Å². The highest BCUT2D eigenvalue weighted by Crippen LogP contribution is 2.33. The van der Waals surface area contributed by atoms with Gasteiger partial charge in [0.25, 0.3) is 0 Å². The van der Waals surface area contributed by atoms with Gasteiger partial charge < -0.3 is 5.32 Å². The summed E-state index contributed by atoms with van der Waals surface area (Å²) in [6.45, 7) is 7.56. The summed E-state index contributed by atoms with van der Waals surface area (Å²) < 4.78 is 0.934. The number of halogens is 2. The summed E-state index contributed by atoms with van der Waals surface area (Å²) in [5.41, 5.74) is 2.64. The Bertz CT molecular complexity index is 590. The van der Waals surface area contributed by atoms with Gasteiger partial charge in [0.05, 0.1) is 5.02 Å². The molecule has 21 heavy (non-hydrogen) atoms. The average Bonchev–Trinajstić information content (AvgIpc) is 2.43. The van der Waals surface area contributed by atoms with Crippen LogP contribution < -0.4 is 5.32 Å². The minimum absolute atomic E-state index is 0.139. The van der Waals surface area contributed by atoms with Crippen LogP contribution in [0.25, 0.3) is 0 Å². The van der Waals surface area contributed by atoms with Crippen LogP contribution in [0.2, 0.25) is 5.02 Å². The van der Waals surface area contributed by atoms with Crippen LogP contribution in [0.3, 0.4) is 0 Å². The summed E-state index contributed by atoms with van der Waals surface area (Å²) in [5, 5.41) is 4.42. The van der Waals surface area contributed by atoms with Gasteiger partial charge in [0.2, 0.25) is 0 Å². The summed E-state index contributed by atoms with van der Waals surface area (Å²) in [6, 6.07) is 17.0. The van der Waals surface area contributed by atoms with Gasteiger partial charge >= 0.3 is 0 Å². The number of hydrogen-bond donors (Lipinski definition) is 1. The van der Waals surface area contributed by atoms with Gasteiger partial charge in [0, 0.05) is 17.1 Å². The molecule has 112 valence electrons. The number of benzene rings is 2. The first-order valence-corrected chi connectivity index (χ1v) is 8.27. The number of rotatable bonds is 4. The highest BCUT2D eigenvalue weighted by atomic mass is 79.9. The molecule has 0 bridgehead atoms. The summed E-state index contributed by atoms with van der Waals surface area (Å²) >= 11 is 9.59. The molecule has 0 aliphatic rings. The molecule has 1 nitrogen and oxygen atoms in total. The van der Waals surface area contributed by atoms with Gasteiger partial charge in [0.15, 0.2) is 0 Å². The Morgan fingerprint density at radius 1 is 1.10 bits per heavy atom. The highest BCUT2D eigenvalue weighted by Gasteiger charge is 2.25. The van der Waals surface area contributed by atoms with Gasteiger partial charge in [-0.15, -0.1) is 0 Å². The van der Waals surface area contributed by atoms with Crippen molar-refractivity contribution in [3.05, 3.63) is 69.2 Å². The molecule has 2 aromatic rings. The normalized spacial score (nSPS) is 13.2. The van der Waals surface area contributed by atoms with E-state index in [4.69, 9.17) is 11.6 Å². The molecule has 0 heterocycles. The third-order valence-corrected chi connectivity index (χ3v) is 4.73. The topological polar surface area (TPSA) is 12.0 Å². The lowest BCUT2D eigenvalue weighted by Crippen LogP contribution is -2.32. The molecule has 0 aromatic heterocycles. The maximum Gasteiger partial charge on any atom is 0.0551 e. The zero-order chi connectivity index (χ0) is 15.5. The van der Waals surface area contributed by atoms with Crippen molar-refractivity contribution in [3.63, 3.8) is 0 Å². The fourth-order valence-electron chi connectivity index (χ4n) is 2.44. The fraction of sp³-hybridized carbons (Fsp3) is 0.333. The molecule has 2 aromatic carbocycles. The van der Waals surface area contributed by atoms with Crippen LogP contribution in [0, 0.1) is 5.41 Å². The molecule has 3 heteroatoms. The van der Waals surface area contributed by atoms with Gasteiger partial charge in [-0.3, -0.25) is 0 Å². The van der Waals surface area contributed by atoms with Crippen molar-refractivity contribution in [2.24, 2.45) is 5.41 Å². The van der Waals surface area contributed by atoms with E-state index >= 15 is 0 Å². The van der Waals surface area contributed by atoms with Crippen molar-refractivity contribution < 1.29 is 0 Å². The molecule has 1 atom stereocenters. The summed E-state index contributed by atoms with van der Waals surface area (Å²) in [4.78, 5) is 0. The predicted octanol–water partition coefficient (Wildman–Crippen LogP) is 5.98. The molecular weight excluding hydrogens is 346 g/mol. The minimum Gasteiger partial charge on any atom is -0.305 e. The minimum atomic E-state index is 0.139. The van der Waals surface area contributed by atoms with Crippen LogP contribution in [0.4, 0.5) is 0 Å². The van der Waals surface area contributed by atoms with Crippen LogP contribution in [-0.4, -0.2) is 0 Å². The number of nitrogens with one attached hydrogen (secondary N) is 1. The zero-order valence-electron chi connectivity index (χ0n) is 12.7. The van der Waals surface area contributed by atoms with Crippen molar-refractivity contribution in [2.75, 3.05) is 0 Å².